The van der Waals surface area contributed by atoms with E-state index in [0.717, 1.165) is 0 Å². The third-order valence-corrected chi connectivity index (χ3v) is 4.81. The van der Waals surface area contributed by atoms with Crippen molar-refractivity contribution in [1.29, 1.82) is 0 Å². The molecular formula is C24H30O10. The SMILES string of the molecule is COc1cc(C(=O)OCCCCOC(=O)c2cc(OC)c(OC)c(OC)c2)cc(OC)c1OC. The lowest BCUT2D eigenvalue weighted by Gasteiger charge is -2.14. The average molecular weight is 478 g/mol. The number of rotatable bonds is 13. The summed E-state index contributed by atoms with van der Waals surface area (Å²) in [7, 11) is 8.81. The Balaban J connectivity index is 1.85. The molecule has 0 radical (unpaired) electrons. The minimum Gasteiger partial charge on any atom is -0.493 e. The molecule has 186 valence electrons. The standard InChI is InChI=1S/C24H30O10/c1-27-17-11-15(12-18(28-2)21(17)31-5)23(25)33-9-7-8-10-34-24(26)16-13-19(29-3)22(32-6)20(14-16)30-4/h11-14H,7-10H2,1-6H3. The molecule has 0 spiro atoms. The molecule has 2 aromatic rings. The van der Waals surface area contributed by atoms with Crippen LogP contribution >= 0.6 is 0 Å². The molecule has 0 heterocycles. The van der Waals surface area contributed by atoms with Crippen LogP contribution in [0.1, 0.15) is 33.6 Å². The van der Waals surface area contributed by atoms with E-state index < -0.39 is 11.9 Å². The lowest BCUT2D eigenvalue weighted by molar-refractivity contribution is 0.0431. The Labute approximate surface area is 198 Å². The molecule has 0 unspecified atom stereocenters. The van der Waals surface area contributed by atoms with Crippen LogP contribution in [-0.4, -0.2) is 67.8 Å². The Morgan fingerprint density at radius 2 is 0.824 bits per heavy atom. The number of carbonyl (C=O) groups excluding carboxylic acids is 2. The Bertz CT molecular complexity index is 856. The van der Waals surface area contributed by atoms with Crippen molar-refractivity contribution in [1.82, 2.24) is 0 Å². The van der Waals surface area contributed by atoms with Crippen LogP contribution in [-0.2, 0) is 9.47 Å². The van der Waals surface area contributed by atoms with Crippen molar-refractivity contribution in [3.63, 3.8) is 0 Å². The van der Waals surface area contributed by atoms with Gasteiger partial charge in [0.2, 0.25) is 11.5 Å². The van der Waals surface area contributed by atoms with E-state index in [1.165, 1.54) is 66.9 Å². The molecule has 10 heteroatoms. The minimum atomic E-state index is -0.534. The second kappa shape index (κ2) is 13.0. The van der Waals surface area contributed by atoms with Gasteiger partial charge in [0.1, 0.15) is 0 Å². The maximum absolute atomic E-state index is 12.4. The molecule has 0 aliphatic rings. The number of ether oxygens (including phenoxy) is 8. The van der Waals surface area contributed by atoms with Crippen LogP contribution in [0.15, 0.2) is 24.3 Å². The summed E-state index contributed by atoms with van der Waals surface area (Å²) in [4.78, 5) is 24.8. The number of esters is 2. The predicted molar refractivity (Wildman–Crippen MR) is 122 cm³/mol. The molecule has 0 bridgehead atoms. The maximum Gasteiger partial charge on any atom is 0.338 e. The summed E-state index contributed by atoms with van der Waals surface area (Å²) in [5.74, 6) is 1.12. The van der Waals surface area contributed by atoms with E-state index in [1.54, 1.807) is 0 Å². The van der Waals surface area contributed by atoms with Crippen molar-refractivity contribution in [3.8, 4) is 34.5 Å². The minimum absolute atomic E-state index is 0.150. The van der Waals surface area contributed by atoms with E-state index in [1.807, 2.05) is 0 Å². The molecule has 34 heavy (non-hydrogen) atoms. The van der Waals surface area contributed by atoms with Gasteiger partial charge in [0.25, 0.3) is 0 Å². The first kappa shape index (κ1) is 26.4. The molecule has 0 saturated heterocycles. The molecule has 0 aliphatic heterocycles. The van der Waals surface area contributed by atoms with E-state index in [0.29, 0.717) is 47.3 Å². The summed E-state index contributed by atoms with van der Waals surface area (Å²) in [6.07, 6.45) is 0.997. The van der Waals surface area contributed by atoms with Gasteiger partial charge >= 0.3 is 11.9 Å². The highest BCUT2D eigenvalue weighted by atomic mass is 16.5. The van der Waals surface area contributed by atoms with Crippen molar-refractivity contribution in [2.45, 2.75) is 12.8 Å². The van der Waals surface area contributed by atoms with Crippen LogP contribution in [0.5, 0.6) is 34.5 Å². The molecule has 0 fully saturated rings. The Morgan fingerprint density at radius 3 is 1.06 bits per heavy atom. The number of hydrogen-bond donors (Lipinski definition) is 0. The highest BCUT2D eigenvalue weighted by Gasteiger charge is 2.19. The Morgan fingerprint density at radius 1 is 0.529 bits per heavy atom. The summed E-state index contributed by atoms with van der Waals surface area (Å²) < 4.78 is 42.1. The van der Waals surface area contributed by atoms with Crippen LogP contribution in [0, 0.1) is 0 Å². The van der Waals surface area contributed by atoms with Gasteiger partial charge in [0.05, 0.1) is 67.0 Å². The van der Waals surface area contributed by atoms with E-state index >= 15 is 0 Å². The molecule has 0 saturated carbocycles. The van der Waals surface area contributed by atoms with Crippen molar-refractivity contribution in [2.24, 2.45) is 0 Å². The quantitative estimate of drug-likeness (QED) is 0.313. The van der Waals surface area contributed by atoms with Crippen LogP contribution in [0.25, 0.3) is 0 Å². The Kier molecular flexibility index (Phi) is 10.1. The molecule has 0 aromatic heterocycles. The predicted octanol–water partition coefficient (Wildman–Crippen LogP) is 3.53. The number of hydrogen-bond acceptors (Lipinski definition) is 10. The zero-order valence-corrected chi connectivity index (χ0v) is 20.2. The molecule has 2 rings (SSSR count). The van der Waals surface area contributed by atoms with Gasteiger partial charge in [-0.15, -0.1) is 0 Å². The lowest BCUT2D eigenvalue weighted by atomic mass is 10.2. The van der Waals surface area contributed by atoms with Gasteiger partial charge < -0.3 is 37.9 Å². The molecular weight excluding hydrogens is 448 g/mol. The number of unbranched alkanes of at least 4 members (excludes halogenated alkanes) is 1. The van der Waals surface area contributed by atoms with Crippen LogP contribution in [0.2, 0.25) is 0 Å². The fraction of sp³-hybridized carbons (Fsp3) is 0.417. The molecule has 0 amide bonds. The van der Waals surface area contributed by atoms with Crippen molar-refractivity contribution in [3.05, 3.63) is 35.4 Å². The van der Waals surface area contributed by atoms with Gasteiger partial charge in [-0.1, -0.05) is 0 Å². The second-order valence-corrected chi connectivity index (χ2v) is 6.81. The van der Waals surface area contributed by atoms with Crippen molar-refractivity contribution in [2.75, 3.05) is 55.9 Å². The fourth-order valence-electron chi connectivity index (χ4n) is 3.10. The van der Waals surface area contributed by atoms with Crippen LogP contribution in [0.4, 0.5) is 0 Å². The second-order valence-electron chi connectivity index (χ2n) is 6.81. The highest BCUT2D eigenvalue weighted by molar-refractivity contribution is 5.91. The molecule has 0 N–H and O–H groups in total. The van der Waals surface area contributed by atoms with Gasteiger partial charge in [0.15, 0.2) is 23.0 Å². The summed E-state index contributed by atoms with van der Waals surface area (Å²) in [6.45, 7) is 0.300. The normalized spacial score (nSPS) is 10.2. The van der Waals surface area contributed by atoms with Crippen LogP contribution in [0.3, 0.4) is 0 Å². The maximum atomic E-state index is 12.4. The lowest BCUT2D eigenvalue weighted by Crippen LogP contribution is -2.10. The van der Waals surface area contributed by atoms with E-state index in [2.05, 4.69) is 0 Å². The van der Waals surface area contributed by atoms with E-state index in [9.17, 15) is 9.59 Å². The molecule has 0 atom stereocenters. The monoisotopic (exact) mass is 478 g/mol. The highest BCUT2D eigenvalue weighted by Crippen LogP contribution is 2.39. The van der Waals surface area contributed by atoms with Gasteiger partial charge in [0, 0.05) is 0 Å². The fourth-order valence-corrected chi connectivity index (χ4v) is 3.10. The van der Waals surface area contributed by atoms with Gasteiger partial charge in [-0.3, -0.25) is 0 Å². The number of carbonyl (C=O) groups is 2. The van der Waals surface area contributed by atoms with Crippen molar-refractivity contribution >= 4 is 11.9 Å². The molecule has 10 nitrogen and oxygen atoms in total. The average Bonchev–Trinajstić information content (AvgIpc) is 2.88. The number of benzene rings is 2. The molecule has 0 aliphatic carbocycles. The topological polar surface area (TPSA) is 108 Å². The van der Waals surface area contributed by atoms with E-state index in [-0.39, 0.29) is 24.3 Å². The van der Waals surface area contributed by atoms with Gasteiger partial charge in [-0.25, -0.2) is 9.59 Å². The third kappa shape index (κ3) is 6.37. The summed E-state index contributed by atoms with van der Waals surface area (Å²) in [5, 5.41) is 0. The zero-order valence-electron chi connectivity index (χ0n) is 20.2. The Hall–Kier alpha value is -3.82. The summed E-state index contributed by atoms with van der Waals surface area (Å²) in [6, 6.07) is 6.07. The van der Waals surface area contributed by atoms with Crippen molar-refractivity contribution < 1.29 is 47.5 Å². The van der Waals surface area contributed by atoms with E-state index in [4.69, 9.17) is 37.9 Å². The first-order chi connectivity index (χ1) is 16.4. The summed E-state index contributed by atoms with van der Waals surface area (Å²) >= 11 is 0. The molecule has 2 aromatic carbocycles. The zero-order chi connectivity index (χ0) is 25.1. The largest absolute Gasteiger partial charge is 0.493 e. The number of methoxy groups -OCH3 is 6. The summed E-state index contributed by atoms with van der Waals surface area (Å²) in [5.41, 5.74) is 0.534. The van der Waals surface area contributed by atoms with Gasteiger partial charge in [-0.2, -0.15) is 0 Å². The first-order valence-corrected chi connectivity index (χ1v) is 10.4. The first-order valence-electron chi connectivity index (χ1n) is 10.4. The van der Waals surface area contributed by atoms with Gasteiger partial charge in [-0.05, 0) is 37.1 Å². The third-order valence-electron chi connectivity index (χ3n) is 4.81. The van der Waals surface area contributed by atoms with Crippen LogP contribution < -0.4 is 28.4 Å². The smallest absolute Gasteiger partial charge is 0.338 e.